The molecule has 5 nitrogen and oxygen atoms in total. The van der Waals surface area contributed by atoms with Crippen molar-refractivity contribution in [2.75, 3.05) is 21.3 Å². The monoisotopic (exact) mass is 294 g/mol. The van der Waals surface area contributed by atoms with E-state index in [2.05, 4.69) is 0 Å². The van der Waals surface area contributed by atoms with Crippen LogP contribution in [0.25, 0.3) is 0 Å². The summed E-state index contributed by atoms with van der Waals surface area (Å²) >= 11 is 0. The van der Waals surface area contributed by atoms with E-state index in [1.54, 1.807) is 12.1 Å². The number of rotatable bonds is 6. The van der Waals surface area contributed by atoms with E-state index in [4.69, 9.17) is 24.9 Å². The van der Waals surface area contributed by atoms with Gasteiger partial charge in [0, 0.05) is 28.9 Å². The number of halogens is 1. The Morgan fingerprint density at radius 2 is 1.56 bits per heavy atom. The zero-order valence-corrected chi connectivity index (χ0v) is 12.0. The minimum absolute atomic E-state index is 0.210. The third-order valence-electron chi connectivity index (χ3n) is 2.39. The van der Waals surface area contributed by atoms with Crippen LogP contribution in [-0.2, 0) is 26.1 Å². The first-order chi connectivity index (χ1) is 8.42. The Kier molecular flexibility index (Phi) is 5.25. The fraction of sp³-hybridized carbons (Fsp3) is 0.455. The van der Waals surface area contributed by atoms with Gasteiger partial charge in [-0.3, -0.25) is 0 Å². The molecule has 0 N–H and O–H groups in total. The summed E-state index contributed by atoms with van der Waals surface area (Å²) in [4.78, 5) is 0. The van der Waals surface area contributed by atoms with Crippen LogP contribution >= 0.6 is 10.7 Å². The fourth-order valence-corrected chi connectivity index (χ4v) is 2.65. The molecule has 0 unspecified atom stereocenters. The van der Waals surface area contributed by atoms with Crippen LogP contribution in [0.5, 0.6) is 11.5 Å². The van der Waals surface area contributed by atoms with E-state index < -0.39 is 9.05 Å². The smallest absolute Gasteiger partial charge is 0.236 e. The second kappa shape index (κ2) is 6.26. The molecule has 0 saturated carbocycles. The van der Waals surface area contributed by atoms with Crippen LogP contribution < -0.4 is 9.47 Å². The number of methoxy groups -OCH3 is 3. The molecular weight excluding hydrogens is 280 g/mol. The quantitative estimate of drug-likeness (QED) is 0.750. The number of hydrogen-bond donors (Lipinski definition) is 0. The topological polar surface area (TPSA) is 61.8 Å². The van der Waals surface area contributed by atoms with Crippen molar-refractivity contribution in [2.24, 2.45) is 0 Å². The van der Waals surface area contributed by atoms with E-state index in [-0.39, 0.29) is 12.4 Å². The molecule has 0 aliphatic carbocycles. The van der Waals surface area contributed by atoms with Gasteiger partial charge >= 0.3 is 0 Å². The van der Waals surface area contributed by atoms with Gasteiger partial charge in [0.2, 0.25) is 9.05 Å². The van der Waals surface area contributed by atoms with Gasteiger partial charge in [0.15, 0.2) is 0 Å². The van der Waals surface area contributed by atoms with Crippen molar-refractivity contribution in [1.29, 1.82) is 0 Å². The van der Waals surface area contributed by atoms with Crippen molar-refractivity contribution < 1.29 is 22.6 Å². The van der Waals surface area contributed by atoms with Gasteiger partial charge in [0.25, 0.3) is 0 Å². The highest BCUT2D eigenvalue weighted by Crippen LogP contribution is 2.33. The highest BCUT2D eigenvalue weighted by molar-refractivity contribution is 8.13. The summed E-state index contributed by atoms with van der Waals surface area (Å²) in [6, 6.07) is 3.33. The lowest BCUT2D eigenvalue weighted by atomic mass is 10.1. The van der Waals surface area contributed by atoms with Gasteiger partial charge in [-0.2, -0.15) is 0 Å². The summed E-state index contributed by atoms with van der Waals surface area (Å²) in [6.45, 7) is 0.210. The van der Waals surface area contributed by atoms with Gasteiger partial charge in [-0.25, -0.2) is 8.42 Å². The molecule has 0 aromatic heterocycles. The highest BCUT2D eigenvalue weighted by atomic mass is 35.7. The molecule has 0 atom stereocenters. The summed E-state index contributed by atoms with van der Waals surface area (Å²) in [5.41, 5.74) is 1.07. The standard InChI is InChI=1S/C11H15ClO5S/c1-15-6-8-9(7-18(12,13)14)11(17-3)5-4-10(8)16-2/h4-5H,6-7H2,1-3H3. The van der Waals surface area contributed by atoms with Crippen LogP contribution in [0, 0.1) is 0 Å². The summed E-state index contributed by atoms with van der Waals surface area (Å²) in [6.07, 6.45) is 0. The van der Waals surface area contributed by atoms with Gasteiger partial charge in [0.1, 0.15) is 11.5 Å². The maximum absolute atomic E-state index is 11.3. The second-order valence-corrected chi connectivity index (χ2v) is 6.32. The molecule has 18 heavy (non-hydrogen) atoms. The Morgan fingerprint density at radius 3 is 1.94 bits per heavy atom. The first-order valence-electron chi connectivity index (χ1n) is 5.07. The van der Waals surface area contributed by atoms with E-state index >= 15 is 0 Å². The van der Waals surface area contributed by atoms with Crippen LogP contribution in [-0.4, -0.2) is 29.7 Å². The molecule has 7 heteroatoms. The average molecular weight is 295 g/mol. The van der Waals surface area contributed by atoms with Crippen LogP contribution in [0.1, 0.15) is 11.1 Å². The van der Waals surface area contributed by atoms with Crippen molar-refractivity contribution >= 4 is 19.7 Å². The molecular formula is C11H15ClO5S. The molecule has 0 spiro atoms. The first kappa shape index (κ1) is 15.1. The average Bonchev–Trinajstić information content (AvgIpc) is 2.29. The summed E-state index contributed by atoms with van der Waals surface area (Å²) in [7, 11) is 6.08. The zero-order chi connectivity index (χ0) is 13.8. The minimum Gasteiger partial charge on any atom is -0.496 e. The molecule has 0 bridgehead atoms. The third-order valence-corrected chi connectivity index (χ3v) is 3.35. The molecule has 1 aromatic carbocycles. The molecule has 0 aliphatic rings. The molecule has 0 fully saturated rings. The van der Waals surface area contributed by atoms with Crippen LogP contribution in [0.15, 0.2) is 12.1 Å². The highest BCUT2D eigenvalue weighted by Gasteiger charge is 2.19. The molecule has 0 saturated heterocycles. The van der Waals surface area contributed by atoms with Gasteiger partial charge in [-0.1, -0.05) is 0 Å². The fourth-order valence-electron chi connectivity index (χ4n) is 1.67. The lowest BCUT2D eigenvalue weighted by molar-refractivity contribution is 0.180. The maximum atomic E-state index is 11.3. The zero-order valence-electron chi connectivity index (χ0n) is 10.4. The van der Waals surface area contributed by atoms with Crippen LogP contribution in [0.4, 0.5) is 0 Å². The van der Waals surface area contributed by atoms with Crippen molar-refractivity contribution in [2.45, 2.75) is 12.4 Å². The van der Waals surface area contributed by atoms with Crippen molar-refractivity contribution in [3.63, 3.8) is 0 Å². The Bertz CT molecular complexity index is 512. The number of ether oxygens (including phenoxy) is 3. The van der Waals surface area contributed by atoms with Crippen molar-refractivity contribution in [1.82, 2.24) is 0 Å². The Balaban J connectivity index is 3.39. The summed E-state index contributed by atoms with van der Waals surface area (Å²) in [5, 5.41) is 0. The predicted molar refractivity (Wildman–Crippen MR) is 68.7 cm³/mol. The first-order valence-corrected chi connectivity index (χ1v) is 7.54. The molecule has 0 radical (unpaired) electrons. The normalized spacial score (nSPS) is 11.3. The lowest BCUT2D eigenvalue weighted by Crippen LogP contribution is -2.06. The number of hydrogen-bond acceptors (Lipinski definition) is 5. The minimum atomic E-state index is -3.69. The predicted octanol–water partition coefficient (Wildman–Crippen LogP) is 1.92. The third kappa shape index (κ3) is 3.76. The SMILES string of the molecule is COCc1c(OC)ccc(OC)c1CS(=O)(=O)Cl. The van der Waals surface area contributed by atoms with E-state index in [9.17, 15) is 8.42 Å². The summed E-state index contributed by atoms with van der Waals surface area (Å²) < 4.78 is 37.9. The molecule has 0 aliphatic heterocycles. The van der Waals surface area contributed by atoms with Gasteiger partial charge < -0.3 is 14.2 Å². The Hall–Kier alpha value is -0.980. The van der Waals surface area contributed by atoms with Crippen molar-refractivity contribution in [3.05, 3.63) is 23.3 Å². The van der Waals surface area contributed by atoms with Gasteiger partial charge in [0.05, 0.1) is 26.6 Å². The summed E-state index contributed by atoms with van der Waals surface area (Å²) in [5.74, 6) is 0.633. The second-order valence-electron chi connectivity index (χ2n) is 3.54. The van der Waals surface area contributed by atoms with Gasteiger partial charge in [-0.15, -0.1) is 0 Å². The van der Waals surface area contributed by atoms with E-state index in [0.717, 1.165) is 0 Å². The van der Waals surface area contributed by atoms with E-state index in [1.807, 2.05) is 0 Å². The maximum Gasteiger partial charge on any atom is 0.236 e. The van der Waals surface area contributed by atoms with Crippen molar-refractivity contribution in [3.8, 4) is 11.5 Å². The largest absolute Gasteiger partial charge is 0.496 e. The molecule has 102 valence electrons. The Morgan fingerprint density at radius 1 is 1.06 bits per heavy atom. The van der Waals surface area contributed by atoms with E-state index in [1.165, 1.54) is 21.3 Å². The molecule has 1 aromatic rings. The van der Waals surface area contributed by atoms with Gasteiger partial charge in [-0.05, 0) is 12.1 Å². The van der Waals surface area contributed by atoms with Crippen LogP contribution in [0.3, 0.4) is 0 Å². The Labute approximate surface area is 111 Å². The number of benzene rings is 1. The molecule has 1 rings (SSSR count). The molecule has 0 amide bonds. The lowest BCUT2D eigenvalue weighted by Gasteiger charge is -2.15. The molecule has 0 heterocycles. The van der Waals surface area contributed by atoms with E-state index in [0.29, 0.717) is 22.6 Å². The van der Waals surface area contributed by atoms with Crippen LogP contribution in [0.2, 0.25) is 0 Å².